The predicted octanol–water partition coefficient (Wildman–Crippen LogP) is 2.78. The number of piperazine rings is 1. The molecular weight excluding hydrogens is 345 g/mol. The molecule has 0 aromatic carbocycles. The lowest BCUT2D eigenvalue weighted by molar-refractivity contribution is -0.153. The summed E-state index contributed by atoms with van der Waals surface area (Å²) >= 11 is 0. The maximum atomic E-state index is 13.0. The van der Waals surface area contributed by atoms with Crippen molar-refractivity contribution in [1.29, 1.82) is 0 Å². The lowest BCUT2D eigenvalue weighted by Crippen LogP contribution is -2.55. The quantitative estimate of drug-likeness (QED) is 0.820. The SMILES string of the molecule is CC1CN(C(=O)c2cccnc2N2CCCCC2)CCN1CC(F)(F)F. The van der Waals surface area contributed by atoms with E-state index in [4.69, 9.17) is 0 Å². The van der Waals surface area contributed by atoms with Gasteiger partial charge in [0.15, 0.2) is 0 Å². The van der Waals surface area contributed by atoms with E-state index < -0.39 is 12.7 Å². The number of carbonyl (C=O) groups is 1. The predicted molar refractivity (Wildman–Crippen MR) is 93.3 cm³/mol. The van der Waals surface area contributed by atoms with Gasteiger partial charge in [0.1, 0.15) is 5.82 Å². The van der Waals surface area contributed by atoms with Crippen LogP contribution < -0.4 is 4.90 Å². The summed E-state index contributed by atoms with van der Waals surface area (Å²) in [5, 5.41) is 0. The zero-order valence-corrected chi connectivity index (χ0v) is 15.0. The lowest BCUT2D eigenvalue weighted by Gasteiger charge is -2.40. The highest BCUT2D eigenvalue weighted by molar-refractivity contribution is 5.99. The third kappa shape index (κ3) is 4.47. The van der Waals surface area contributed by atoms with E-state index in [0.717, 1.165) is 25.9 Å². The molecule has 26 heavy (non-hydrogen) atoms. The zero-order chi connectivity index (χ0) is 18.7. The van der Waals surface area contributed by atoms with Gasteiger partial charge in [0.2, 0.25) is 0 Å². The van der Waals surface area contributed by atoms with Crippen LogP contribution in [0.3, 0.4) is 0 Å². The molecule has 1 atom stereocenters. The number of nitrogens with zero attached hydrogens (tertiary/aromatic N) is 4. The third-order valence-corrected chi connectivity index (χ3v) is 5.11. The molecule has 0 bridgehead atoms. The van der Waals surface area contributed by atoms with E-state index in [1.54, 1.807) is 30.2 Å². The minimum Gasteiger partial charge on any atom is -0.356 e. The zero-order valence-electron chi connectivity index (χ0n) is 15.0. The summed E-state index contributed by atoms with van der Waals surface area (Å²) in [6, 6.07) is 3.18. The maximum absolute atomic E-state index is 13.0. The molecule has 3 heterocycles. The number of carbonyl (C=O) groups excluding carboxylic acids is 1. The molecule has 0 radical (unpaired) electrons. The number of rotatable bonds is 3. The minimum absolute atomic E-state index is 0.141. The van der Waals surface area contributed by atoms with Gasteiger partial charge in [-0.15, -0.1) is 0 Å². The number of hydrogen-bond acceptors (Lipinski definition) is 4. The van der Waals surface area contributed by atoms with Crippen LogP contribution in [-0.2, 0) is 0 Å². The molecule has 2 aliphatic heterocycles. The van der Waals surface area contributed by atoms with Gasteiger partial charge >= 0.3 is 6.18 Å². The Bertz CT molecular complexity index is 631. The molecular formula is C18H25F3N4O. The summed E-state index contributed by atoms with van der Waals surface area (Å²) in [5.41, 5.74) is 0.547. The van der Waals surface area contributed by atoms with E-state index in [1.807, 2.05) is 0 Å². The molecule has 0 saturated carbocycles. The van der Waals surface area contributed by atoms with E-state index in [2.05, 4.69) is 9.88 Å². The van der Waals surface area contributed by atoms with Crippen molar-refractivity contribution in [1.82, 2.24) is 14.8 Å². The summed E-state index contributed by atoms with van der Waals surface area (Å²) in [6.07, 6.45) is 0.815. The van der Waals surface area contributed by atoms with Gasteiger partial charge in [-0.1, -0.05) is 0 Å². The Morgan fingerprint density at radius 3 is 2.58 bits per heavy atom. The highest BCUT2D eigenvalue weighted by Gasteiger charge is 2.36. The van der Waals surface area contributed by atoms with Gasteiger partial charge in [-0.25, -0.2) is 4.98 Å². The fourth-order valence-electron chi connectivity index (χ4n) is 3.74. The second-order valence-corrected chi connectivity index (χ2v) is 7.11. The summed E-state index contributed by atoms with van der Waals surface area (Å²) in [4.78, 5) is 22.6. The molecule has 5 nitrogen and oxygen atoms in total. The van der Waals surface area contributed by atoms with Crippen molar-refractivity contribution in [3.63, 3.8) is 0 Å². The van der Waals surface area contributed by atoms with Crippen molar-refractivity contribution in [2.75, 3.05) is 44.2 Å². The van der Waals surface area contributed by atoms with Crippen LogP contribution in [0.15, 0.2) is 18.3 Å². The van der Waals surface area contributed by atoms with Gasteiger partial charge in [-0.05, 0) is 38.3 Å². The topological polar surface area (TPSA) is 39.7 Å². The van der Waals surface area contributed by atoms with Crippen molar-refractivity contribution in [3.8, 4) is 0 Å². The van der Waals surface area contributed by atoms with Crippen LogP contribution in [0.1, 0.15) is 36.5 Å². The van der Waals surface area contributed by atoms with Crippen molar-refractivity contribution in [2.24, 2.45) is 0 Å². The molecule has 1 amide bonds. The Morgan fingerprint density at radius 2 is 1.92 bits per heavy atom. The van der Waals surface area contributed by atoms with Gasteiger partial charge in [-0.2, -0.15) is 13.2 Å². The van der Waals surface area contributed by atoms with Gasteiger partial charge < -0.3 is 9.80 Å². The monoisotopic (exact) mass is 370 g/mol. The molecule has 0 spiro atoms. The molecule has 0 aliphatic carbocycles. The van der Waals surface area contributed by atoms with Crippen LogP contribution in [0.2, 0.25) is 0 Å². The van der Waals surface area contributed by atoms with E-state index in [-0.39, 0.29) is 18.5 Å². The van der Waals surface area contributed by atoms with Crippen LogP contribution in [-0.4, -0.2) is 72.2 Å². The van der Waals surface area contributed by atoms with E-state index in [9.17, 15) is 18.0 Å². The van der Waals surface area contributed by atoms with Crippen LogP contribution in [0.4, 0.5) is 19.0 Å². The van der Waals surface area contributed by atoms with Gasteiger partial charge in [0, 0.05) is 45.0 Å². The maximum Gasteiger partial charge on any atom is 0.401 e. The van der Waals surface area contributed by atoms with Crippen LogP contribution in [0, 0.1) is 0 Å². The molecule has 8 heteroatoms. The summed E-state index contributed by atoms with van der Waals surface area (Å²) in [7, 11) is 0. The first kappa shape index (κ1) is 18.9. The highest BCUT2D eigenvalue weighted by Crippen LogP contribution is 2.25. The molecule has 2 aliphatic rings. The number of piperidine rings is 1. The van der Waals surface area contributed by atoms with Crippen LogP contribution in [0.25, 0.3) is 0 Å². The first-order valence-corrected chi connectivity index (χ1v) is 9.15. The van der Waals surface area contributed by atoms with Crippen LogP contribution >= 0.6 is 0 Å². The standard InChI is InChI=1S/C18H25F3N4O/c1-14-12-24(10-11-25(14)13-18(19,20)21)17(26)15-6-5-7-22-16(15)23-8-3-2-4-9-23/h5-7,14H,2-4,8-13H2,1H3. The first-order valence-electron chi connectivity index (χ1n) is 9.15. The van der Waals surface area contributed by atoms with Crippen molar-refractivity contribution >= 4 is 11.7 Å². The average Bonchev–Trinajstić information content (AvgIpc) is 2.62. The molecule has 1 aromatic heterocycles. The van der Waals surface area contributed by atoms with E-state index >= 15 is 0 Å². The Kier molecular flexibility index (Phi) is 5.70. The summed E-state index contributed by atoms with van der Waals surface area (Å²) in [6.45, 7) is 3.39. The lowest BCUT2D eigenvalue weighted by atomic mass is 10.1. The average molecular weight is 370 g/mol. The summed E-state index contributed by atoms with van der Waals surface area (Å²) in [5.74, 6) is 0.555. The number of alkyl halides is 3. The molecule has 2 fully saturated rings. The third-order valence-electron chi connectivity index (χ3n) is 5.11. The Balaban J connectivity index is 1.71. The highest BCUT2D eigenvalue weighted by atomic mass is 19.4. The molecule has 0 N–H and O–H groups in total. The normalized spacial score (nSPS) is 22.5. The fraction of sp³-hybridized carbons (Fsp3) is 0.667. The Labute approximate surface area is 151 Å². The minimum atomic E-state index is -4.22. The number of anilines is 1. The largest absolute Gasteiger partial charge is 0.401 e. The van der Waals surface area contributed by atoms with Crippen molar-refractivity contribution < 1.29 is 18.0 Å². The number of amides is 1. The molecule has 3 rings (SSSR count). The van der Waals surface area contributed by atoms with Crippen molar-refractivity contribution in [2.45, 2.75) is 38.4 Å². The molecule has 1 aromatic rings. The number of hydrogen-bond donors (Lipinski definition) is 0. The Hall–Kier alpha value is -1.83. The molecule has 144 valence electrons. The fourth-order valence-corrected chi connectivity index (χ4v) is 3.74. The van der Waals surface area contributed by atoms with Gasteiger partial charge in [0.05, 0.1) is 12.1 Å². The second-order valence-electron chi connectivity index (χ2n) is 7.11. The van der Waals surface area contributed by atoms with E-state index in [1.165, 1.54) is 11.3 Å². The van der Waals surface area contributed by atoms with Gasteiger partial charge in [0.25, 0.3) is 5.91 Å². The smallest absolute Gasteiger partial charge is 0.356 e. The Morgan fingerprint density at radius 1 is 1.19 bits per heavy atom. The first-order chi connectivity index (χ1) is 12.3. The number of pyridine rings is 1. The van der Waals surface area contributed by atoms with Crippen LogP contribution in [0.5, 0.6) is 0 Å². The molecule has 1 unspecified atom stereocenters. The van der Waals surface area contributed by atoms with E-state index in [0.29, 0.717) is 24.5 Å². The summed E-state index contributed by atoms with van der Waals surface area (Å²) < 4.78 is 38.0. The number of aromatic nitrogens is 1. The van der Waals surface area contributed by atoms with Gasteiger partial charge in [-0.3, -0.25) is 9.69 Å². The van der Waals surface area contributed by atoms with Crippen molar-refractivity contribution in [3.05, 3.63) is 23.9 Å². The molecule has 2 saturated heterocycles. The number of halogens is 3. The second kappa shape index (κ2) is 7.82.